The lowest BCUT2D eigenvalue weighted by atomic mass is 10.0. The van der Waals surface area contributed by atoms with E-state index in [1.54, 1.807) is 4.90 Å². The third-order valence-corrected chi connectivity index (χ3v) is 3.36. The fourth-order valence-electron chi connectivity index (χ4n) is 2.42. The zero-order valence-corrected chi connectivity index (χ0v) is 11.6. The summed E-state index contributed by atoms with van der Waals surface area (Å²) in [5.74, 6) is -0.176. The summed E-state index contributed by atoms with van der Waals surface area (Å²) in [5, 5.41) is 2.80. The molecule has 3 N–H and O–H groups in total. The molecule has 2 unspecified atom stereocenters. The summed E-state index contributed by atoms with van der Waals surface area (Å²) in [6.45, 7) is 6.39. The highest BCUT2D eigenvalue weighted by Crippen LogP contribution is 2.25. The molecule has 1 aliphatic rings. The van der Waals surface area contributed by atoms with Crippen LogP contribution in [0.3, 0.4) is 0 Å². The number of likely N-dealkylation sites (N-methyl/N-ethyl adjacent to an activating group) is 1. The van der Waals surface area contributed by atoms with Gasteiger partial charge in [0.15, 0.2) is 0 Å². The lowest BCUT2D eigenvalue weighted by Crippen LogP contribution is -2.47. The van der Waals surface area contributed by atoms with Gasteiger partial charge >= 0.3 is 0 Å². The van der Waals surface area contributed by atoms with E-state index in [1.807, 2.05) is 20.8 Å². The van der Waals surface area contributed by atoms with Crippen molar-refractivity contribution in [3.63, 3.8) is 0 Å². The quantitative estimate of drug-likeness (QED) is 0.750. The topological polar surface area (TPSA) is 75.4 Å². The van der Waals surface area contributed by atoms with Gasteiger partial charge in [0.2, 0.25) is 11.8 Å². The zero-order chi connectivity index (χ0) is 13.7. The smallest absolute Gasteiger partial charge is 0.239 e. The monoisotopic (exact) mass is 255 g/mol. The summed E-state index contributed by atoms with van der Waals surface area (Å²) in [6.07, 6.45) is 2.77. The predicted molar refractivity (Wildman–Crippen MR) is 70.8 cm³/mol. The van der Waals surface area contributed by atoms with Crippen molar-refractivity contribution in [1.29, 1.82) is 0 Å². The summed E-state index contributed by atoms with van der Waals surface area (Å²) in [7, 11) is 0. The van der Waals surface area contributed by atoms with Crippen molar-refractivity contribution in [3.05, 3.63) is 0 Å². The summed E-state index contributed by atoms with van der Waals surface area (Å²) < 4.78 is 0. The Hall–Kier alpha value is -1.10. The normalized spacial score (nSPS) is 23.2. The van der Waals surface area contributed by atoms with Crippen LogP contribution in [0.5, 0.6) is 0 Å². The number of hydrogen-bond donors (Lipinski definition) is 2. The molecule has 18 heavy (non-hydrogen) atoms. The third kappa shape index (κ3) is 3.98. The van der Waals surface area contributed by atoms with E-state index in [1.165, 1.54) is 0 Å². The van der Waals surface area contributed by atoms with Crippen molar-refractivity contribution in [2.24, 2.45) is 11.7 Å². The molecule has 0 aromatic heterocycles. The number of nitrogens with two attached hydrogens (primary N) is 1. The molecule has 0 spiro atoms. The van der Waals surface area contributed by atoms with Gasteiger partial charge in [-0.3, -0.25) is 9.59 Å². The fourth-order valence-corrected chi connectivity index (χ4v) is 2.42. The second-order valence-corrected chi connectivity index (χ2v) is 5.28. The van der Waals surface area contributed by atoms with Gasteiger partial charge in [0.1, 0.15) is 0 Å². The van der Waals surface area contributed by atoms with Crippen molar-refractivity contribution in [2.75, 3.05) is 13.1 Å². The molecular formula is C13H25N3O2. The number of rotatable bonds is 5. The number of carbonyl (C=O) groups is 2. The second kappa shape index (κ2) is 6.73. The molecule has 0 aliphatic heterocycles. The van der Waals surface area contributed by atoms with Crippen LogP contribution in [-0.4, -0.2) is 41.9 Å². The second-order valence-electron chi connectivity index (χ2n) is 5.28. The van der Waals surface area contributed by atoms with Crippen LogP contribution in [0.4, 0.5) is 0 Å². The number of carbonyl (C=O) groups excluding carboxylic acids is 2. The Balaban J connectivity index is 2.54. The van der Waals surface area contributed by atoms with Crippen molar-refractivity contribution in [2.45, 2.75) is 52.1 Å². The minimum absolute atomic E-state index is 0.0291. The van der Waals surface area contributed by atoms with Crippen molar-refractivity contribution >= 4 is 11.8 Å². The SMILES string of the molecule is CCN(CC(=O)NC(C)C)C(=O)C1CCCC1N. The Kier molecular flexibility index (Phi) is 5.59. The van der Waals surface area contributed by atoms with Crippen LogP contribution in [0.1, 0.15) is 40.0 Å². The average Bonchev–Trinajstić information content (AvgIpc) is 2.70. The van der Waals surface area contributed by atoms with Crippen molar-refractivity contribution < 1.29 is 9.59 Å². The number of nitrogens with one attached hydrogen (secondary N) is 1. The van der Waals surface area contributed by atoms with Gasteiger partial charge in [0.25, 0.3) is 0 Å². The Bertz CT molecular complexity index is 305. The van der Waals surface area contributed by atoms with Gasteiger partial charge in [-0.1, -0.05) is 6.42 Å². The first-order valence-corrected chi connectivity index (χ1v) is 6.79. The predicted octanol–water partition coefficient (Wildman–Crippen LogP) is 0.487. The van der Waals surface area contributed by atoms with Crippen LogP contribution < -0.4 is 11.1 Å². The van der Waals surface area contributed by atoms with Gasteiger partial charge in [0, 0.05) is 18.6 Å². The first-order valence-electron chi connectivity index (χ1n) is 6.79. The van der Waals surface area contributed by atoms with Crippen LogP contribution in [0.25, 0.3) is 0 Å². The Morgan fingerprint density at radius 2 is 2.06 bits per heavy atom. The number of hydrogen-bond acceptors (Lipinski definition) is 3. The Morgan fingerprint density at radius 1 is 1.39 bits per heavy atom. The summed E-state index contributed by atoms with van der Waals surface area (Å²) in [6, 6.07) is 0.0553. The van der Waals surface area contributed by atoms with E-state index in [2.05, 4.69) is 5.32 Å². The molecule has 5 nitrogen and oxygen atoms in total. The molecule has 0 aromatic carbocycles. The molecule has 0 heterocycles. The van der Waals surface area contributed by atoms with Crippen molar-refractivity contribution in [3.8, 4) is 0 Å². The molecule has 1 aliphatic carbocycles. The summed E-state index contributed by atoms with van der Waals surface area (Å²) in [5.41, 5.74) is 5.94. The molecule has 5 heteroatoms. The summed E-state index contributed by atoms with van der Waals surface area (Å²) in [4.78, 5) is 25.6. The Labute approximate surface area is 109 Å². The highest BCUT2D eigenvalue weighted by Gasteiger charge is 2.33. The first-order chi connectivity index (χ1) is 8.45. The lowest BCUT2D eigenvalue weighted by Gasteiger charge is -2.26. The maximum Gasteiger partial charge on any atom is 0.239 e. The van der Waals surface area contributed by atoms with E-state index in [0.717, 1.165) is 19.3 Å². The van der Waals surface area contributed by atoms with E-state index in [4.69, 9.17) is 5.73 Å². The zero-order valence-electron chi connectivity index (χ0n) is 11.6. The van der Waals surface area contributed by atoms with Crippen LogP contribution >= 0.6 is 0 Å². The molecular weight excluding hydrogens is 230 g/mol. The molecule has 1 saturated carbocycles. The molecule has 0 bridgehead atoms. The number of amides is 2. The molecule has 2 amide bonds. The van der Waals surface area contributed by atoms with E-state index in [0.29, 0.717) is 6.54 Å². The van der Waals surface area contributed by atoms with E-state index in [-0.39, 0.29) is 36.4 Å². The van der Waals surface area contributed by atoms with Crippen LogP contribution in [0, 0.1) is 5.92 Å². The van der Waals surface area contributed by atoms with Crippen LogP contribution in [-0.2, 0) is 9.59 Å². The average molecular weight is 255 g/mol. The Morgan fingerprint density at radius 3 is 2.50 bits per heavy atom. The van der Waals surface area contributed by atoms with Gasteiger partial charge in [-0.05, 0) is 33.6 Å². The first kappa shape index (κ1) is 15.0. The van der Waals surface area contributed by atoms with Crippen LogP contribution in [0.15, 0.2) is 0 Å². The third-order valence-electron chi connectivity index (χ3n) is 3.36. The molecule has 0 saturated heterocycles. The molecule has 2 atom stereocenters. The van der Waals surface area contributed by atoms with Crippen LogP contribution in [0.2, 0.25) is 0 Å². The molecule has 104 valence electrons. The maximum atomic E-state index is 12.3. The van der Waals surface area contributed by atoms with Gasteiger partial charge in [-0.25, -0.2) is 0 Å². The molecule has 1 rings (SSSR count). The van der Waals surface area contributed by atoms with Crippen molar-refractivity contribution in [1.82, 2.24) is 10.2 Å². The summed E-state index contributed by atoms with van der Waals surface area (Å²) >= 11 is 0. The molecule has 0 aromatic rings. The molecule has 1 fully saturated rings. The molecule has 0 radical (unpaired) electrons. The van der Waals surface area contributed by atoms with Gasteiger partial charge < -0.3 is 16.0 Å². The minimum Gasteiger partial charge on any atom is -0.352 e. The number of nitrogens with zero attached hydrogens (tertiary/aromatic N) is 1. The lowest BCUT2D eigenvalue weighted by molar-refractivity contribution is -0.139. The van der Waals surface area contributed by atoms with Gasteiger partial charge in [0.05, 0.1) is 12.5 Å². The highest BCUT2D eigenvalue weighted by molar-refractivity contribution is 5.86. The largest absolute Gasteiger partial charge is 0.352 e. The van der Waals surface area contributed by atoms with Gasteiger partial charge in [-0.15, -0.1) is 0 Å². The minimum atomic E-state index is -0.105. The van der Waals surface area contributed by atoms with E-state index < -0.39 is 0 Å². The van der Waals surface area contributed by atoms with Gasteiger partial charge in [-0.2, -0.15) is 0 Å². The van der Waals surface area contributed by atoms with E-state index >= 15 is 0 Å². The highest BCUT2D eigenvalue weighted by atomic mass is 16.2. The standard InChI is InChI=1S/C13H25N3O2/c1-4-16(8-12(17)15-9(2)3)13(18)10-6-5-7-11(10)14/h9-11H,4-8,14H2,1-3H3,(H,15,17). The maximum absolute atomic E-state index is 12.3. The fraction of sp³-hybridized carbons (Fsp3) is 0.846. The van der Waals surface area contributed by atoms with E-state index in [9.17, 15) is 9.59 Å².